The highest BCUT2D eigenvalue weighted by molar-refractivity contribution is 7.67. The quantitative estimate of drug-likeness (QED) is 0.0415. The van der Waals surface area contributed by atoms with E-state index in [2.05, 4.69) is 92.6 Å². The van der Waals surface area contributed by atoms with E-state index >= 15 is 9.13 Å². The molecule has 346 valence electrons. The normalized spacial score (nSPS) is 20.0. The van der Waals surface area contributed by atoms with Crippen molar-refractivity contribution in [1.82, 2.24) is 9.80 Å². The molecule has 69 heavy (non-hydrogen) atoms. The van der Waals surface area contributed by atoms with Crippen LogP contribution in [0.25, 0.3) is 11.1 Å². The van der Waals surface area contributed by atoms with Gasteiger partial charge < -0.3 is 9.05 Å². The molecule has 5 aromatic carbocycles. The lowest BCUT2D eigenvalue weighted by Crippen LogP contribution is -2.32. The zero-order valence-corrected chi connectivity index (χ0v) is 40.1. The highest BCUT2D eigenvalue weighted by Gasteiger charge is 2.40. The molecular formula is C57H52N4O6P2. The fourth-order valence-corrected chi connectivity index (χ4v) is 15.1. The Labute approximate surface area is 403 Å². The van der Waals surface area contributed by atoms with E-state index in [1.807, 2.05) is 72.8 Å². The maximum absolute atomic E-state index is 15.1. The van der Waals surface area contributed by atoms with Gasteiger partial charge in [-0.15, -0.1) is 0 Å². The molecule has 5 aromatic rings. The number of hydrogen-bond donors (Lipinski definition) is 0. The molecule has 10 nitrogen and oxygen atoms in total. The van der Waals surface area contributed by atoms with Crippen LogP contribution in [0.2, 0.25) is 0 Å². The Kier molecular flexibility index (Phi) is 13.7. The Morgan fingerprint density at radius 2 is 0.942 bits per heavy atom. The van der Waals surface area contributed by atoms with Crippen LogP contribution >= 0.6 is 14.7 Å². The van der Waals surface area contributed by atoms with Crippen molar-refractivity contribution in [1.29, 1.82) is 0 Å². The van der Waals surface area contributed by atoms with Gasteiger partial charge in [0.15, 0.2) is 0 Å². The molecule has 0 radical (unpaired) electrons. The summed E-state index contributed by atoms with van der Waals surface area (Å²) in [6.45, 7) is 1.89. The Bertz CT molecular complexity index is 3210. The molecule has 2 heterocycles. The molecule has 0 fully saturated rings. The van der Waals surface area contributed by atoms with Gasteiger partial charge in [0.25, 0.3) is 14.7 Å². The average molecular weight is 951 g/mol. The highest BCUT2D eigenvalue weighted by Crippen LogP contribution is 2.57. The summed E-state index contributed by atoms with van der Waals surface area (Å²) in [5.41, 5.74) is 11.8. The predicted molar refractivity (Wildman–Crippen MR) is 274 cm³/mol. The minimum Gasteiger partial charge on any atom is -0.443 e. The van der Waals surface area contributed by atoms with Crippen LogP contribution in [0.4, 0.5) is 11.4 Å². The SMILES string of the molecule is O=C=Nc1ccccc1CN(CC1=CC=C(Cc2ccc(CN(Cc3ccccc3N=C=O)CP3(=O)OC4=C(CC=CC4)c4ccccc43)cc2)CC1)CP1(=O)OC2=C(CC=CC2)c2ccccc21. The molecule has 12 heteroatoms. The van der Waals surface area contributed by atoms with Gasteiger partial charge in [-0.2, -0.15) is 9.98 Å². The van der Waals surface area contributed by atoms with Crippen LogP contribution in [0, 0.1) is 0 Å². The van der Waals surface area contributed by atoms with E-state index in [-0.39, 0.29) is 12.6 Å². The lowest BCUT2D eigenvalue weighted by atomic mass is 9.93. The number of carbonyl (C=O) groups excluding carboxylic acids is 2. The van der Waals surface area contributed by atoms with Gasteiger partial charge in [-0.05, 0) is 89.8 Å². The minimum atomic E-state index is -3.39. The fourth-order valence-electron chi connectivity index (χ4n) is 10.2. The molecule has 0 aromatic heterocycles. The first-order chi connectivity index (χ1) is 33.8. The van der Waals surface area contributed by atoms with Crippen LogP contribution in [0.3, 0.4) is 0 Å². The maximum atomic E-state index is 15.1. The van der Waals surface area contributed by atoms with Gasteiger partial charge in [-0.25, -0.2) is 9.59 Å². The lowest BCUT2D eigenvalue weighted by molar-refractivity contribution is 0.280. The molecule has 2 unspecified atom stereocenters. The van der Waals surface area contributed by atoms with Crippen LogP contribution in [0.15, 0.2) is 190 Å². The number of para-hydroxylation sites is 2. The number of rotatable bonds is 16. The Hall–Kier alpha value is -6.72. The first kappa shape index (κ1) is 46.0. The Morgan fingerprint density at radius 3 is 1.46 bits per heavy atom. The van der Waals surface area contributed by atoms with Crippen molar-refractivity contribution in [2.75, 3.05) is 19.1 Å². The zero-order valence-electron chi connectivity index (χ0n) is 38.3. The van der Waals surface area contributed by atoms with E-state index in [1.54, 1.807) is 24.3 Å². The largest absolute Gasteiger partial charge is 0.443 e. The fraction of sp³-hybridized carbons (Fsp3) is 0.228. The second kappa shape index (κ2) is 20.5. The van der Waals surface area contributed by atoms with Gasteiger partial charge in [-0.3, -0.25) is 18.9 Å². The molecule has 0 saturated heterocycles. The van der Waals surface area contributed by atoms with E-state index < -0.39 is 14.7 Å². The summed E-state index contributed by atoms with van der Waals surface area (Å²) in [5, 5.41) is 1.50. The average Bonchev–Trinajstić information content (AvgIpc) is 3.36. The summed E-state index contributed by atoms with van der Waals surface area (Å²) in [6.07, 6.45) is 21.9. The molecule has 3 aliphatic carbocycles. The van der Waals surface area contributed by atoms with Gasteiger partial charge >= 0.3 is 0 Å². The minimum absolute atomic E-state index is 0.179. The highest BCUT2D eigenvalue weighted by atomic mass is 31.2. The topological polar surface area (TPSA) is 118 Å². The van der Waals surface area contributed by atoms with Crippen LogP contribution in [0.5, 0.6) is 0 Å². The third-order valence-electron chi connectivity index (χ3n) is 13.4. The smallest absolute Gasteiger partial charge is 0.291 e. The second-order valence-electron chi connectivity index (χ2n) is 18.2. The molecule has 2 aliphatic heterocycles. The molecule has 10 rings (SSSR count). The molecule has 0 spiro atoms. The third kappa shape index (κ3) is 10.2. The summed E-state index contributed by atoms with van der Waals surface area (Å²) >= 11 is 0. The Balaban J connectivity index is 0.861. The van der Waals surface area contributed by atoms with Crippen LogP contribution in [0.1, 0.15) is 71.9 Å². The number of fused-ring (bicyclic) bond motifs is 4. The van der Waals surface area contributed by atoms with Crippen molar-refractivity contribution < 1.29 is 27.8 Å². The van der Waals surface area contributed by atoms with E-state index in [0.717, 1.165) is 93.2 Å². The molecule has 0 bridgehead atoms. The third-order valence-corrected chi connectivity index (χ3v) is 18.3. The summed E-state index contributed by atoms with van der Waals surface area (Å²) in [5.74, 6) is 1.57. The predicted octanol–water partition coefficient (Wildman–Crippen LogP) is 12.6. The van der Waals surface area contributed by atoms with Gasteiger partial charge in [0.05, 0.1) is 34.6 Å². The van der Waals surface area contributed by atoms with Crippen molar-refractivity contribution in [3.05, 3.63) is 214 Å². The first-order valence-corrected chi connectivity index (χ1v) is 27.1. The van der Waals surface area contributed by atoms with Crippen molar-refractivity contribution in [2.24, 2.45) is 9.98 Å². The van der Waals surface area contributed by atoms with E-state index in [0.29, 0.717) is 50.4 Å². The van der Waals surface area contributed by atoms with E-state index in [9.17, 15) is 9.59 Å². The van der Waals surface area contributed by atoms with E-state index in [4.69, 9.17) is 9.05 Å². The van der Waals surface area contributed by atoms with Gasteiger partial charge in [0.1, 0.15) is 11.5 Å². The van der Waals surface area contributed by atoms with Crippen molar-refractivity contribution in [3.63, 3.8) is 0 Å². The molecule has 0 amide bonds. The number of aliphatic imine (C=N–C) groups is 2. The second-order valence-corrected chi connectivity index (χ2v) is 22.8. The number of isocyanates is 2. The van der Waals surface area contributed by atoms with E-state index in [1.165, 1.54) is 16.7 Å². The number of hydrogen-bond acceptors (Lipinski definition) is 10. The number of nitrogens with zero attached hydrogens (tertiary/aromatic N) is 4. The van der Waals surface area contributed by atoms with Crippen LogP contribution in [-0.2, 0) is 53.8 Å². The number of allylic oxidation sites excluding steroid dienone is 9. The standard InChI is InChI=1S/C57H52N4O6P2/c62-38-58-52-19-7-1-13-46(52)36-60(40-68(64)56-23-11-5-17-50(56)48-15-3-9-21-54(48)66-68)34-44-29-25-42(26-30-44)33-43-27-31-45(32-28-43)35-61(37-47-14-2-8-20-53(47)59-39-63)41-69(65)57-24-12-6-18-51(57)49-16-4-10-22-55(49)67-69/h1-14,17-20,23-27,29-31H,15-16,21-22,28,32-37,40-41H2. The monoisotopic (exact) mass is 950 g/mol. The van der Waals surface area contributed by atoms with Gasteiger partial charge in [0.2, 0.25) is 12.2 Å². The lowest BCUT2D eigenvalue weighted by Gasteiger charge is -2.35. The number of benzene rings is 5. The molecule has 0 saturated carbocycles. The van der Waals surface area contributed by atoms with Crippen LogP contribution in [-0.4, -0.2) is 41.1 Å². The molecule has 0 N–H and O–H groups in total. The van der Waals surface area contributed by atoms with Crippen molar-refractivity contribution in [2.45, 2.75) is 64.6 Å². The molecule has 2 atom stereocenters. The van der Waals surface area contributed by atoms with Gasteiger partial charge in [0, 0.05) is 50.2 Å². The van der Waals surface area contributed by atoms with Gasteiger partial charge in [-0.1, -0.05) is 145 Å². The van der Waals surface area contributed by atoms with Crippen molar-refractivity contribution in [3.8, 4) is 0 Å². The summed E-state index contributed by atoms with van der Waals surface area (Å²) in [6, 6.07) is 39.5. The molecule has 5 aliphatic rings. The molecular weight excluding hydrogens is 899 g/mol. The Morgan fingerprint density at radius 1 is 0.493 bits per heavy atom. The van der Waals surface area contributed by atoms with Crippen molar-refractivity contribution >= 4 is 60.0 Å². The summed E-state index contributed by atoms with van der Waals surface area (Å²) < 4.78 is 43.3. The maximum Gasteiger partial charge on any atom is 0.291 e. The summed E-state index contributed by atoms with van der Waals surface area (Å²) in [7, 11) is -6.76. The first-order valence-electron chi connectivity index (χ1n) is 23.5. The summed E-state index contributed by atoms with van der Waals surface area (Å²) in [4.78, 5) is 35.1. The zero-order chi connectivity index (χ0) is 47.2. The van der Waals surface area contributed by atoms with Crippen LogP contribution < -0.4 is 10.6 Å².